The molecule has 0 aliphatic carbocycles. The molecule has 662 valence electrons. The van der Waals surface area contributed by atoms with Gasteiger partial charge >= 0.3 is 5.97 Å². The number of aliphatic carboxylic acids is 1. The summed E-state index contributed by atoms with van der Waals surface area (Å²) in [6.07, 6.45) is 6.65. The molecule has 0 heterocycles. The number of carboxylic acid groups (broad SMARTS) is 1. The number of nitrogens with zero attached hydrogens (tertiary/aromatic N) is 1. The first-order valence-electron chi connectivity index (χ1n) is 41.7. The average Bonchev–Trinajstić information content (AvgIpc) is 0.624. The van der Waals surface area contributed by atoms with Crippen LogP contribution in [0.3, 0.4) is 0 Å². The smallest absolute Gasteiger partial charge is 0.326 e. The molecular formula is C78H150N22O15. The number of guanidine groups is 1. The van der Waals surface area contributed by atoms with Crippen molar-refractivity contribution in [1.82, 2.24) is 69.1 Å². The van der Waals surface area contributed by atoms with E-state index in [1.54, 1.807) is 48.5 Å². The summed E-state index contributed by atoms with van der Waals surface area (Å²) in [6.45, 7) is 25.7. The Morgan fingerprint density at radius 1 is 0.287 bits per heavy atom. The van der Waals surface area contributed by atoms with Crippen molar-refractivity contribution in [3.63, 3.8) is 0 Å². The quantitative estimate of drug-likeness (QED) is 0.0191. The number of carboxylic acids is 1. The molecule has 0 aliphatic heterocycles. The third-order valence-electron chi connectivity index (χ3n) is 20.1. The van der Waals surface area contributed by atoms with Gasteiger partial charge < -0.3 is 120 Å². The molecule has 0 unspecified atom stereocenters. The topological polar surface area (TPSA) is 636 Å². The minimum Gasteiger partial charge on any atom is -0.480 e. The maximum atomic E-state index is 14.6. The van der Waals surface area contributed by atoms with Gasteiger partial charge in [0.15, 0.2) is 5.96 Å². The van der Waals surface area contributed by atoms with Gasteiger partial charge in [0.05, 0.1) is 6.04 Å². The molecule has 17 atom stereocenters. The number of nitrogens with two attached hydrogens (primary N) is 8. The van der Waals surface area contributed by atoms with E-state index in [0.29, 0.717) is 96.4 Å². The van der Waals surface area contributed by atoms with Crippen LogP contribution >= 0.6 is 0 Å². The molecule has 0 saturated heterocycles. The molecule has 13 amide bonds. The van der Waals surface area contributed by atoms with Gasteiger partial charge in [0, 0.05) is 6.54 Å². The molecule has 0 aromatic rings. The first-order chi connectivity index (χ1) is 54.2. The van der Waals surface area contributed by atoms with Crippen LogP contribution in [0, 0.1) is 35.5 Å². The minimum absolute atomic E-state index is 0.0264. The van der Waals surface area contributed by atoms with Crippen molar-refractivity contribution in [2.75, 3.05) is 39.3 Å². The zero-order valence-corrected chi connectivity index (χ0v) is 71.3. The highest BCUT2D eigenvalue weighted by Gasteiger charge is 2.39. The highest BCUT2D eigenvalue weighted by atomic mass is 16.4. The van der Waals surface area contributed by atoms with Crippen LogP contribution in [0.25, 0.3) is 0 Å². The summed E-state index contributed by atoms with van der Waals surface area (Å²) < 4.78 is 0. The molecule has 37 nitrogen and oxygen atoms in total. The number of nitrogens with one attached hydrogen (secondary N) is 13. The van der Waals surface area contributed by atoms with Gasteiger partial charge in [0.1, 0.15) is 78.5 Å². The van der Waals surface area contributed by atoms with Crippen molar-refractivity contribution >= 4 is 88.7 Å². The van der Waals surface area contributed by atoms with E-state index in [1.807, 2.05) is 34.6 Å². The second-order valence-electron chi connectivity index (χ2n) is 31.8. The van der Waals surface area contributed by atoms with E-state index >= 15 is 0 Å². The lowest BCUT2D eigenvalue weighted by atomic mass is 9.96. The van der Waals surface area contributed by atoms with Crippen LogP contribution in [-0.4, -0.2) is 218 Å². The van der Waals surface area contributed by atoms with E-state index in [-0.39, 0.29) is 120 Å². The number of unbranched alkanes of at least 4 members (excludes halogenated alkanes) is 5. The highest BCUT2D eigenvalue weighted by molar-refractivity contribution is 6.00. The molecule has 0 fully saturated rings. The van der Waals surface area contributed by atoms with Gasteiger partial charge in [-0.3, -0.25) is 67.3 Å². The molecule has 0 radical (unpaired) electrons. The van der Waals surface area contributed by atoms with Gasteiger partial charge in [-0.25, -0.2) is 4.79 Å². The molecule has 0 bridgehead atoms. The summed E-state index contributed by atoms with van der Waals surface area (Å²) in [6, 6.07) is -17.4. The number of hydrogen-bond donors (Lipinski definition) is 22. The van der Waals surface area contributed by atoms with Crippen molar-refractivity contribution in [1.29, 1.82) is 0 Å². The van der Waals surface area contributed by atoms with Crippen molar-refractivity contribution in [3.8, 4) is 0 Å². The normalized spacial score (nSPS) is 15.9. The lowest BCUT2D eigenvalue weighted by Gasteiger charge is -2.30. The Morgan fingerprint density at radius 3 is 0.835 bits per heavy atom. The van der Waals surface area contributed by atoms with Crippen molar-refractivity contribution in [3.05, 3.63) is 0 Å². The Labute approximate surface area is 682 Å². The van der Waals surface area contributed by atoms with E-state index in [1.165, 1.54) is 13.8 Å². The van der Waals surface area contributed by atoms with Crippen LogP contribution in [0.5, 0.6) is 0 Å². The Balaban J connectivity index is 6.99. The molecule has 37 heteroatoms. The fourth-order valence-electron chi connectivity index (χ4n) is 12.4. The molecule has 0 saturated carbocycles. The second-order valence-corrected chi connectivity index (χ2v) is 31.8. The molecule has 0 spiro atoms. The lowest BCUT2D eigenvalue weighted by Crippen LogP contribution is -2.61. The Bertz CT molecular complexity index is 3020. The second kappa shape index (κ2) is 59.3. The van der Waals surface area contributed by atoms with Gasteiger partial charge in [0.25, 0.3) is 0 Å². The molecular weight excluding hydrogens is 1480 g/mol. The van der Waals surface area contributed by atoms with Crippen molar-refractivity contribution in [2.45, 2.75) is 329 Å². The van der Waals surface area contributed by atoms with Gasteiger partial charge in [0.2, 0.25) is 76.8 Å². The first kappa shape index (κ1) is 107. The standard InChI is InChI=1S/C78H150N22O15/c1-15-47(10)61(98-66(103)52(84)29-18-23-35-79)75(112)96-59(42-45(6)7)73(110)93-53(30-19-24-36-80)67(104)92-57(34-28-40-87-78(85)86)69(106)95-58(41-44(4)5)72(109)89-50(13)64(101)88-51(14)65(102)90-55(32-21-26-38-82)70(107)99-62(48(11)16-2)74(111)94-54(31-20-25-37-81)68(105)91-56(33-22-27-39-83)71(108)100-63(49(12)17-3)76(113)97-60(77(114)115)43-46(8)9/h44-63H,15-43,79-84H2,1-14H3,(H,88,101)(H,89,109)(H,90,102)(H,91,105)(H,92,104)(H,93,110)(H,94,111)(H,95,106)(H,96,112)(H,97,113)(H,98,103)(H,99,107)(H,100,108)(H,114,115)(H4,85,86,87)/t47-,48-,49-,50-,51-,52-,53-,54-,55-,56-,57-,58-,59-,60-,61-,62-,63-/m0/s1. The van der Waals surface area contributed by atoms with Crippen molar-refractivity contribution < 1.29 is 72.2 Å². The average molecular weight is 1640 g/mol. The molecule has 115 heavy (non-hydrogen) atoms. The fourth-order valence-corrected chi connectivity index (χ4v) is 12.4. The first-order valence-corrected chi connectivity index (χ1v) is 41.7. The lowest BCUT2D eigenvalue weighted by molar-refractivity contribution is -0.143. The Kier molecular flexibility index (Phi) is 55.0. The number of carbonyl (C=O) groups is 14. The fraction of sp³-hybridized carbons (Fsp3) is 0.808. The number of aliphatic imine (C=N–C) groups is 1. The summed E-state index contributed by atoms with van der Waals surface area (Å²) in [7, 11) is 0. The van der Waals surface area contributed by atoms with Crippen LogP contribution in [0.2, 0.25) is 0 Å². The number of rotatable bonds is 63. The van der Waals surface area contributed by atoms with Crippen LogP contribution in [0.1, 0.15) is 245 Å². The largest absolute Gasteiger partial charge is 0.480 e. The van der Waals surface area contributed by atoms with E-state index in [0.717, 1.165) is 0 Å². The van der Waals surface area contributed by atoms with E-state index in [9.17, 15) is 72.2 Å². The van der Waals surface area contributed by atoms with Crippen LogP contribution in [-0.2, 0) is 67.1 Å². The number of hydrogen-bond acceptors (Lipinski definition) is 21. The predicted molar refractivity (Wildman–Crippen MR) is 443 cm³/mol. The van der Waals surface area contributed by atoms with E-state index < -0.39 is 179 Å². The number of carbonyl (C=O) groups excluding carboxylic acids is 13. The van der Waals surface area contributed by atoms with Crippen molar-refractivity contribution in [2.24, 2.45) is 86.4 Å². The van der Waals surface area contributed by atoms with Crippen LogP contribution in [0.4, 0.5) is 0 Å². The number of amides is 13. The molecule has 30 N–H and O–H groups in total. The summed E-state index contributed by atoms with van der Waals surface area (Å²) >= 11 is 0. The third kappa shape index (κ3) is 43.4. The Morgan fingerprint density at radius 2 is 0.522 bits per heavy atom. The SMILES string of the molecule is CC[C@H](C)[C@H](NC(=O)[C@H](CCCCN)NC(=O)[C@H](CCCCN)NC(=O)[C@@H](NC(=O)[C@H](CCCCN)NC(=O)[C@H](C)NC(=O)[C@H](C)NC(=O)[C@H](CC(C)C)NC(=O)[C@H](CCCN=C(N)N)NC(=O)[C@H](CCCCN)NC(=O)[C@H](CC(C)C)NC(=O)[C@@H](NC(=O)[C@@H](N)CCCCN)[C@@H](C)CC)[C@@H](C)CC)C(=O)N[C@@H](CC(C)C)C(=O)O. The predicted octanol–water partition coefficient (Wildman–Crippen LogP) is -1.28. The van der Waals surface area contributed by atoms with E-state index in [4.69, 9.17) is 45.9 Å². The van der Waals surface area contributed by atoms with Gasteiger partial charge in [-0.15, -0.1) is 0 Å². The summed E-state index contributed by atoms with van der Waals surface area (Å²) in [4.78, 5) is 201. The highest BCUT2D eigenvalue weighted by Crippen LogP contribution is 2.18. The zero-order chi connectivity index (χ0) is 87.6. The summed E-state index contributed by atoms with van der Waals surface area (Å²) in [5, 5.41) is 45.3. The maximum absolute atomic E-state index is 14.6. The third-order valence-corrected chi connectivity index (χ3v) is 20.1. The van der Waals surface area contributed by atoms with Gasteiger partial charge in [-0.05, 0) is 204 Å². The maximum Gasteiger partial charge on any atom is 0.326 e. The Hall–Kier alpha value is -8.39. The molecule has 0 aliphatic rings. The van der Waals surface area contributed by atoms with E-state index in [2.05, 4.69) is 74.1 Å². The molecule has 0 aromatic heterocycles. The van der Waals surface area contributed by atoms with Crippen LogP contribution < -0.4 is 115 Å². The van der Waals surface area contributed by atoms with Gasteiger partial charge in [-0.1, -0.05) is 109 Å². The minimum atomic E-state index is -1.37. The zero-order valence-electron chi connectivity index (χ0n) is 71.3. The monoisotopic (exact) mass is 1640 g/mol. The summed E-state index contributed by atoms with van der Waals surface area (Å²) in [5.74, 6) is -13.1. The summed E-state index contributed by atoms with van der Waals surface area (Å²) in [5.41, 5.74) is 46.4. The molecule has 0 rings (SSSR count). The molecule has 0 aromatic carbocycles. The van der Waals surface area contributed by atoms with Crippen LogP contribution in [0.15, 0.2) is 4.99 Å². The van der Waals surface area contributed by atoms with Gasteiger partial charge in [-0.2, -0.15) is 0 Å².